The zero-order chi connectivity index (χ0) is 13.9. The van der Waals surface area contributed by atoms with Crippen LogP contribution < -0.4 is 10.6 Å². The molecule has 0 radical (unpaired) electrons. The van der Waals surface area contributed by atoms with Gasteiger partial charge in [0.15, 0.2) is 11.6 Å². The van der Waals surface area contributed by atoms with Gasteiger partial charge in [-0.1, -0.05) is 6.42 Å². The van der Waals surface area contributed by atoms with Gasteiger partial charge in [0.1, 0.15) is 0 Å². The van der Waals surface area contributed by atoms with E-state index in [2.05, 4.69) is 31.0 Å². The molecule has 0 spiro atoms. The average molecular weight is 294 g/mol. The Kier molecular flexibility index (Phi) is 4.00. The second kappa shape index (κ2) is 5.90. The lowest BCUT2D eigenvalue weighted by atomic mass is 10.0. The molecule has 1 aromatic rings. The van der Waals surface area contributed by atoms with Crippen LogP contribution in [-0.2, 0) is 6.42 Å². The van der Waals surface area contributed by atoms with Crippen molar-refractivity contribution in [1.29, 1.82) is 0 Å². The van der Waals surface area contributed by atoms with Crippen LogP contribution in [0, 0.1) is 6.92 Å². The molecule has 2 fully saturated rings. The molecule has 3 heterocycles. The third-order valence-corrected chi connectivity index (χ3v) is 5.21. The number of nitrogens with zero attached hydrogens (tertiary/aromatic N) is 4. The third kappa shape index (κ3) is 3.00. The Morgan fingerprint density at radius 3 is 2.80 bits per heavy atom. The van der Waals surface area contributed by atoms with Crippen molar-refractivity contribution in [3.63, 3.8) is 0 Å². The number of rotatable bonds is 5. The van der Waals surface area contributed by atoms with E-state index in [1.54, 1.807) is 6.92 Å². The van der Waals surface area contributed by atoms with Gasteiger partial charge in [0.05, 0.1) is 12.1 Å². The summed E-state index contributed by atoms with van der Waals surface area (Å²) in [5, 5.41) is 22.3. The average Bonchev–Trinajstić information content (AvgIpc) is 2.97. The molecule has 2 N–H and O–H groups in total. The molecule has 3 rings (SSSR count). The van der Waals surface area contributed by atoms with Gasteiger partial charge in [0.2, 0.25) is 0 Å². The normalized spacial score (nSPS) is 28.1. The maximum absolute atomic E-state index is 11.3. The fourth-order valence-electron chi connectivity index (χ4n) is 2.67. The lowest BCUT2D eigenvalue weighted by Gasteiger charge is -2.16. The molecule has 1 aromatic heterocycles. The minimum Gasteiger partial charge on any atom is -0.332 e. The number of hydrogen-bond acceptors (Lipinski definition) is 6. The second-order valence-electron chi connectivity index (χ2n) is 5.23. The molecule has 0 aliphatic carbocycles. The van der Waals surface area contributed by atoms with E-state index < -0.39 is 0 Å². The lowest BCUT2D eigenvalue weighted by Crippen LogP contribution is -2.36. The Bertz CT molecular complexity index is 481. The molecule has 2 aliphatic rings. The summed E-state index contributed by atoms with van der Waals surface area (Å²) in [6.07, 6.45) is 4.06. The van der Waals surface area contributed by atoms with Gasteiger partial charge >= 0.3 is 6.03 Å². The van der Waals surface area contributed by atoms with Crippen molar-refractivity contribution in [2.75, 3.05) is 5.75 Å². The molecule has 0 aromatic carbocycles. The summed E-state index contributed by atoms with van der Waals surface area (Å²) in [5.41, 5.74) is 0. The number of unbranched alkanes of at least 4 members (excludes halogenated alkanes) is 1. The van der Waals surface area contributed by atoms with E-state index in [1.165, 1.54) is 0 Å². The molecule has 0 bridgehead atoms. The molecule has 8 heteroatoms. The van der Waals surface area contributed by atoms with Crippen molar-refractivity contribution >= 4 is 17.8 Å². The van der Waals surface area contributed by atoms with E-state index in [1.807, 2.05) is 11.8 Å². The number of carbonyl (C=O) groups is 1. The highest BCUT2D eigenvalue weighted by Gasteiger charge is 2.42. The summed E-state index contributed by atoms with van der Waals surface area (Å²) in [6, 6.07) is 0.591. The van der Waals surface area contributed by atoms with Gasteiger partial charge in [-0.15, -0.1) is 20.4 Å². The first kappa shape index (κ1) is 13.5. The predicted octanol–water partition coefficient (Wildman–Crippen LogP) is 0.453. The van der Waals surface area contributed by atoms with Crippen LogP contribution in [0.1, 0.15) is 30.9 Å². The molecule has 0 saturated carbocycles. The smallest absolute Gasteiger partial charge is 0.315 e. The van der Waals surface area contributed by atoms with Crippen LogP contribution in [0.15, 0.2) is 0 Å². The van der Waals surface area contributed by atoms with Crippen molar-refractivity contribution < 1.29 is 4.79 Å². The van der Waals surface area contributed by atoms with Gasteiger partial charge in [0.25, 0.3) is 0 Å². The molecule has 7 nitrogen and oxygen atoms in total. The van der Waals surface area contributed by atoms with Crippen LogP contribution in [0.25, 0.3) is 0 Å². The van der Waals surface area contributed by atoms with Crippen LogP contribution in [0.4, 0.5) is 4.79 Å². The fourth-order valence-corrected chi connectivity index (χ4v) is 4.22. The zero-order valence-corrected chi connectivity index (χ0v) is 12.2. The second-order valence-corrected chi connectivity index (χ2v) is 6.50. The number of fused-ring (bicyclic) bond motifs is 1. The fraction of sp³-hybridized carbons (Fsp3) is 0.750. The van der Waals surface area contributed by atoms with Gasteiger partial charge in [-0.05, 0) is 19.8 Å². The SMILES string of the molecule is Cc1nnc(CCCC[C@@H]2SC[C@@H]3NC(=O)N[C@@H]32)nn1. The van der Waals surface area contributed by atoms with E-state index in [0.29, 0.717) is 29.0 Å². The molecule has 2 amide bonds. The monoisotopic (exact) mass is 294 g/mol. The van der Waals surface area contributed by atoms with Crippen molar-refractivity contribution in [2.45, 2.75) is 49.9 Å². The summed E-state index contributed by atoms with van der Waals surface area (Å²) in [5.74, 6) is 2.33. The number of hydrogen-bond donors (Lipinski definition) is 2. The number of aromatic nitrogens is 4. The first-order chi connectivity index (χ1) is 9.72. The zero-order valence-electron chi connectivity index (χ0n) is 11.4. The number of amides is 2. The Morgan fingerprint density at radius 2 is 2.00 bits per heavy atom. The lowest BCUT2D eigenvalue weighted by molar-refractivity contribution is 0.247. The summed E-state index contributed by atoms with van der Waals surface area (Å²) in [4.78, 5) is 11.3. The number of carbonyl (C=O) groups excluding carboxylic acids is 1. The van der Waals surface area contributed by atoms with Crippen LogP contribution >= 0.6 is 11.8 Å². The standard InChI is InChI=1S/C12H18N6OS/c1-7-15-17-10(18-16-7)5-3-2-4-9-11-8(6-20-9)13-12(19)14-11/h8-9,11H,2-6H2,1H3,(H2,13,14,19)/t8-,9-,11-/m0/s1. The molecular weight excluding hydrogens is 276 g/mol. The minimum atomic E-state index is -0.0181. The highest BCUT2D eigenvalue weighted by Crippen LogP contribution is 2.33. The molecule has 0 unspecified atom stereocenters. The van der Waals surface area contributed by atoms with Crippen LogP contribution in [0.5, 0.6) is 0 Å². The molecular formula is C12H18N6OS. The summed E-state index contributed by atoms with van der Waals surface area (Å²) < 4.78 is 0. The quantitative estimate of drug-likeness (QED) is 0.605. The third-order valence-electron chi connectivity index (χ3n) is 3.70. The number of aryl methyl sites for hydroxylation is 2. The number of thioether (sulfide) groups is 1. The van der Waals surface area contributed by atoms with Crippen LogP contribution in [0.3, 0.4) is 0 Å². The summed E-state index contributed by atoms with van der Waals surface area (Å²) in [7, 11) is 0. The highest BCUT2D eigenvalue weighted by molar-refractivity contribution is 8.00. The largest absolute Gasteiger partial charge is 0.332 e. The first-order valence-electron chi connectivity index (χ1n) is 6.94. The molecule has 20 heavy (non-hydrogen) atoms. The Labute approximate surface area is 121 Å². The van der Waals surface area contributed by atoms with Gasteiger partial charge in [0, 0.05) is 17.4 Å². The highest BCUT2D eigenvalue weighted by atomic mass is 32.2. The van der Waals surface area contributed by atoms with E-state index in [4.69, 9.17) is 0 Å². The molecule has 2 saturated heterocycles. The molecule has 2 aliphatic heterocycles. The molecule has 108 valence electrons. The number of nitrogens with one attached hydrogen (secondary N) is 2. The summed E-state index contributed by atoms with van der Waals surface area (Å²) >= 11 is 1.95. The first-order valence-corrected chi connectivity index (χ1v) is 7.99. The van der Waals surface area contributed by atoms with Crippen molar-refractivity contribution in [3.05, 3.63) is 11.6 Å². The predicted molar refractivity (Wildman–Crippen MR) is 75.4 cm³/mol. The van der Waals surface area contributed by atoms with Crippen LogP contribution in [-0.4, -0.2) is 49.5 Å². The minimum absolute atomic E-state index is 0.0181. The van der Waals surface area contributed by atoms with E-state index in [0.717, 1.165) is 31.4 Å². The van der Waals surface area contributed by atoms with Gasteiger partial charge in [-0.3, -0.25) is 0 Å². The summed E-state index contributed by atoms with van der Waals surface area (Å²) in [6.45, 7) is 1.78. The van der Waals surface area contributed by atoms with E-state index >= 15 is 0 Å². The van der Waals surface area contributed by atoms with Gasteiger partial charge in [-0.25, -0.2) is 4.79 Å². The van der Waals surface area contributed by atoms with Crippen molar-refractivity contribution in [2.24, 2.45) is 0 Å². The van der Waals surface area contributed by atoms with E-state index in [-0.39, 0.29) is 6.03 Å². The Morgan fingerprint density at radius 1 is 1.20 bits per heavy atom. The Hall–Kier alpha value is -1.44. The maximum atomic E-state index is 11.3. The number of urea groups is 1. The maximum Gasteiger partial charge on any atom is 0.315 e. The van der Waals surface area contributed by atoms with Crippen molar-refractivity contribution in [3.8, 4) is 0 Å². The molecule has 3 atom stereocenters. The topological polar surface area (TPSA) is 92.7 Å². The van der Waals surface area contributed by atoms with Gasteiger partial charge < -0.3 is 10.6 Å². The van der Waals surface area contributed by atoms with E-state index in [9.17, 15) is 4.79 Å². The van der Waals surface area contributed by atoms with Crippen LogP contribution in [0.2, 0.25) is 0 Å². The Balaban J connectivity index is 1.40. The van der Waals surface area contributed by atoms with Crippen molar-refractivity contribution in [1.82, 2.24) is 31.0 Å². The van der Waals surface area contributed by atoms with Gasteiger partial charge in [-0.2, -0.15) is 11.8 Å².